The second-order valence-electron chi connectivity index (χ2n) is 7.40. The van der Waals surface area contributed by atoms with Crippen LogP contribution in [0.1, 0.15) is 11.1 Å². The smallest absolute Gasteiger partial charge is 0.311 e. The Bertz CT molecular complexity index is 1180. The monoisotopic (exact) mass is 464 g/mol. The fraction of sp³-hybridized carbons (Fsp3) is 0.273. The SMILES string of the molecule is COc1c(C=NNc2nc(Nc3ccc(C)cc3)nc(N3CCOCC3)n2)cccc1[N+](=O)[O-]. The van der Waals surface area contributed by atoms with Crippen molar-refractivity contribution in [1.82, 2.24) is 15.0 Å². The zero-order chi connectivity index (χ0) is 23.9. The summed E-state index contributed by atoms with van der Waals surface area (Å²) in [5, 5.41) is 18.6. The Kier molecular flexibility index (Phi) is 7.08. The quantitative estimate of drug-likeness (QED) is 0.290. The molecule has 0 bridgehead atoms. The number of methoxy groups -OCH3 is 1. The zero-order valence-electron chi connectivity index (χ0n) is 18.8. The second-order valence-corrected chi connectivity index (χ2v) is 7.40. The average molecular weight is 464 g/mol. The molecule has 3 aromatic rings. The first-order chi connectivity index (χ1) is 16.5. The van der Waals surface area contributed by atoms with Crippen molar-refractivity contribution in [2.24, 2.45) is 5.10 Å². The molecule has 0 aliphatic carbocycles. The number of morpholine rings is 1. The van der Waals surface area contributed by atoms with Crippen molar-refractivity contribution in [2.45, 2.75) is 6.92 Å². The van der Waals surface area contributed by atoms with Gasteiger partial charge in [-0.05, 0) is 25.1 Å². The number of benzene rings is 2. The Hall–Kier alpha value is -4.32. The van der Waals surface area contributed by atoms with Crippen LogP contribution in [0.25, 0.3) is 0 Å². The van der Waals surface area contributed by atoms with E-state index in [0.29, 0.717) is 43.8 Å². The third-order valence-electron chi connectivity index (χ3n) is 5.02. The molecule has 1 aliphatic rings. The summed E-state index contributed by atoms with van der Waals surface area (Å²) in [6.45, 7) is 4.49. The molecule has 1 fully saturated rings. The van der Waals surface area contributed by atoms with Gasteiger partial charge in [0.1, 0.15) is 0 Å². The van der Waals surface area contributed by atoms with E-state index in [1.54, 1.807) is 12.1 Å². The Morgan fingerprint density at radius 2 is 1.85 bits per heavy atom. The standard InChI is InChI=1S/C22H24N8O4/c1-15-6-8-17(9-7-15)24-20-25-21(27-22(26-20)29-10-12-34-13-11-29)28-23-14-16-4-3-5-18(30(31)32)19(16)33-2/h3-9,14H,10-13H2,1-2H3,(H2,24,25,26,27,28). The molecule has 12 heteroatoms. The molecule has 176 valence electrons. The Morgan fingerprint density at radius 3 is 2.56 bits per heavy atom. The number of ether oxygens (including phenoxy) is 2. The van der Waals surface area contributed by atoms with Crippen LogP contribution in [0.15, 0.2) is 47.6 Å². The largest absolute Gasteiger partial charge is 0.490 e. The van der Waals surface area contributed by atoms with Crippen LogP contribution in [0.4, 0.5) is 29.2 Å². The van der Waals surface area contributed by atoms with Crippen molar-refractivity contribution in [2.75, 3.05) is 49.1 Å². The predicted molar refractivity (Wildman–Crippen MR) is 128 cm³/mol. The van der Waals surface area contributed by atoms with Gasteiger partial charge in [0.25, 0.3) is 0 Å². The van der Waals surface area contributed by atoms with E-state index in [-0.39, 0.29) is 17.4 Å². The third-order valence-corrected chi connectivity index (χ3v) is 5.02. The van der Waals surface area contributed by atoms with Crippen molar-refractivity contribution >= 4 is 35.4 Å². The molecule has 0 spiro atoms. The van der Waals surface area contributed by atoms with Gasteiger partial charge >= 0.3 is 5.69 Å². The maximum absolute atomic E-state index is 11.2. The number of nitrogens with zero attached hydrogens (tertiary/aromatic N) is 6. The van der Waals surface area contributed by atoms with Crippen molar-refractivity contribution in [3.05, 3.63) is 63.7 Å². The van der Waals surface area contributed by atoms with Gasteiger partial charge in [-0.2, -0.15) is 20.1 Å². The van der Waals surface area contributed by atoms with Crippen LogP contribution in [-0.4, -0.2) is 59.5 Å². The number of nitro groups is 1. The Balaban J connectivity index is 1.59. The Labute approximate surface area is 195 Å². The van der Waals surface area contributed by atoms with Gasteiger partial charge in [-0.3, -0.25) is 10.1 Å². The molecular formula is C22H24N8O4. The van der Waals surface area contributed by atoms with Crippen molar-refractivity contribution in [1.29, 1.82) is 0 Å². The predicted octanol–water partition coefficient (Wildman–Crippen LogP) is 3.12. The zero-order valence-corrected chi connectivity index (χ0v) is 18.8. The summed E-state index contributed by atoms with van der Waals surface area (Å²) >= 11 is 0. The summed E-state index contributed by atoms with van der Waals surface area (Å²) in [5.41, 5.74) is 5.06. The lowest BCUT2D eigenvalue weighted by Crippen LogP contribution is -2.37. The molecule has 2 heterocycles. The fourth-order valence-electron chi connectivity index (χ4n) is 3.31. The number of aromatic nitrogens is 3. The van der Waals surface area contributed by atoms with E-state index >= 15 is 0 Å². The van der Waals surface area contributed by atoms with E-state index in [9.17, 15) is 10.1 Å². The first kappa shape index (κ1) is 22.9. The molecule has 1 saturated heterocycles. The first-order valence-electron chi connectivity index (χ1n) is 10.6. The summed E-state index contributed by atoms with van der Waals surface area (Å²) in [5.74, 6) is 1.17. The summed E-state index contributed by atoms with van der Waals surface area (Å²) < 4.78 is 10.6. The van der Waals surface area contributed by atoms with Crippen LogP contribution < -0.4 is 20.4 Å². The highest BCUT2D eigenvalue weighted by molar-refractivity contribution is 5.86. The van der Waals surface area contributed by atoms with Gasteiger partial charge in [0.15, 0.2) is 0 Å². The summed E-state index contributed by atoms with van der Waals surface area (Å²) in [6.07, 6.45) is 1.41. The highest BCUT2D eigenvalue weighted by Crippen LogP contribution is 2.29. The average Bonchev–Trinajstić information content (AvgIpc) is 2.85. The molecule has 1 aliphatic heterocycles. The number of hydrogen-bond acceptors (Lipinski definition) is 11. The molecule has 0 amide bonds. The molecule has 0 unspecified atom stereocenters. The van der Waals surface area contributed by atoms with Crippen LogP contribution in [0.5, 0.6) is 5.75 Å². The van der Waals surface area contributed by atoms with Gasteiger partial charge in [-0.15, -0.1) is 0 Å². The van der Waals surface area contributed by atoms with Gasteiger partial charge in [0, 0.05) is 30.4 Å². The number of hydrazone groups is 1. The van der Waals surface area contributed by atoms with Gasteiger partial charge < -0.3 is 19.7 Å². The van der Waals surface area contributed by atoms with E-state index in [0.717, 1.165) is 11.3 Å². The lowest BCUT2D eigenvalue weighted by Gasteiger charge is -2.27. The summed E-state index contributed by atoms with van der Waals surface area (Å²) in [7, 11) is 1.37. The number of hydrogen-bond donors (Lipinski definition) is 2. The van der Waals surface area contributed by atoms with E-state index in [2.05, 4.69) is 30.8 Å². The molecule has 12 nitrogen and oxygen atoms in total. The van der Waals surface area contributed by atoms with Crippen LogP contribution in [0.2, 0.25) is 0 Å². The molecule has 1 aromatic heterocycles. The first-order valence-corrected chi connectivity index (χ1v) is 10.6. The van der Waals surface area contributed by atoms with Gasteiger partial charge in [-0.25, -0.2) is 5.43 Å². The number of anilines is 4. The van der Waals surface area contributed by atoms with Crippen LogP contribution in [0, 0.1) is 17.0 Å². The van der Waals surface area contributed by atoms with E-state index in [4.69, 9.17) is 9.47 Å². The normalized spacial score (nSPS) is 13.6. The molecule has 0 saturated carbocycles. The Morgan fingerprint density at radius 1 is 1.12 bits per heavy atom. The van der Waals surface area contributed by atoms with Crippen molar-refractivity contribution in [3.63, 3.8) is 0 Å². The number of rotatable bonds is 8. The lowest BCUT2D eigenvalue weighted by atomic mass is 10.2. The molecule has 2 N–H and O–H groups in total. The maximum atomic E-state index is 11.2. The fourth-order valence-corrected chi connectivity index (χ4v) is 3.31. The van der Waals surface area contributed by atoms with Crippen LogP contribution in [0.3, 0.4) is 0 Å². The second kappa shape index (κ2) is 10.5. The molecule has 2 aromatic carbocycles. The number of nitro benzene ring substituents is 1. The topological polar surface area (TPSA) is 140 Å². The number of aryl methyl sites for hydroxylation is 1. The molecule has 0 radical (unpaired) electrons. The van der Waals surface area contributed by atoms with Gasteiger partial charge in [0.2, 0.25) is 23.6 Å². The van der Waals surface area contributed by atoms with Gasteiger partial charge in [0.05, 0.1) is 31.5 Å². The lowest BCUT2D eigenvalue weighted by molar-refractivity contribution is -0.385. The molecule has 4 rings (SSSR count). The maximum Gasteiger partial charge on any atom is 0.311 e. The van der Waals surface area contributed by atoms with Crippen LogP contribution >= 0.6 is 0 Å². The van der Waals surface area contributed by atoms with E-state index < -0.39 is 4.92 Å². The minimum Gasteiger partial charge on any atom is -0.490 e. The van der Waals surface area contributed by atoms with Crippen molar-refractivity contribution in [3.8, 4) is 5.75 Å². The third kappa shape index (κ3) is 5.53. The molecular weight excluding hydrogens is 440 g/mol. The van der Waals surface area contributed by atoms with E-state index in [1.165, 1.54) is 19.4 Å². The van der Waals surface area contributed by atoms with Gasteiger partial charge in [-0.1, -0.05) is 23.8 Å². The summed E-state index contributed by atoms with van der Waals surface area (Å²) in [4.78, 5) is 26.2. The number of para-hydroxylation sites is 1. The van der Waals surface area contributed by atoms with E-state index in [1.807, 2.05) is 36.1 Å². The highest BCUT2D eigenvalue weighted by Gasteiger charge is 2.18. The summed E-state index contributed by atoms with van der Waals surface area (Å²) in [6, 6.07) is 12.4. The molecule has 34 heavy (non-hydrogen) atoms. The van der Waals surface area contributed by atoms with Crippen molar-refractivity contribution < 1.29 is 14.4 Å². The van der Waals surface area contributed by atoms with Crippen LogP contribution in [-0.2, 0) is 4.74 Å². The minimum absolute atomic E-state index is 0.115. The number of nitrogens with one attached hydrogen (secondary N) is 2. The highest BCUT2D eigenvalue weighted by atomic mass is 16.6. The minimum atomic E-state index is -0.507. The molecule has 0 atom stereocenters.